The summed E-state index contributed by atoms with van der Waals surface area (Å²) in [5.41, 5.74) is 1.25. The lowest BCUT2D eigenvalue weighted by molar-refractivity contribution is 0.146. The van der Waals surface area contributed by atoms with Gasteiger partial charge in [0.05, 0.1) is 0 Å². The zero-order valence-corrected chi connectivity index (χ0v) is 14.3. The molecule has 6 heteroatoms. The minimum absolute atomic E-state index is 0.528. The number of nitrogens with one attached hydrogen (secondary N) is 1. The van der Waals surface area contributed by atoms with Gasteiger partial charge in [-0.3, -0.25) is 0 Å². The summed E-state index contributed by atoms with van der Waals surface area (Å²) >= 11 is 6.87. The predicted octanol–water partition coefficient (Wildman–Crippen LogP) is 2.80. The molecule has 1 aromatic heterocycles. The standard InChI is InChI=1S/C16H21N3OS2/c1-2-20-11-6-9-17-15(21)18-16-19(10-12-22-16)13-14-7-4-3-5-8-14/h3-5,7-8,10,12H,2,6,9,11,13H2,1H3,(H,17,21)/b18-16-. The van der Waals surface area contributed by atoms with Gasteiger partial charge in [0.1, 0.15) is 0 Å². The molecule has 2 aromatic rings. The Hall–Kier alpha value is -1.50. The fourth-order valence-corrected chi connectivity index (χ4v) is 2.91. The van der Waals surface area contributed by atoms with Gasteiger partial charge in [0.25, 0.3) is 0 Å². The molecule has 0 saturated carbocycles. The second-order valence-corrected chi connectivity index (χ2v) is 5.95. The summed E-state index contributed by atoms with van der Waals surface area (Å²) in [6, 6.07) is 10.3. The van der Waals surface area contributed by atoms with E-state index in [1.54, 1.807) is 11.3 Å². The van der Waals surface area contributed by atoms with Gasteiger partial charge in [-0.25, -0.2) is 0 Å². The van der Waals surface area contributed by atoms with Gasteiger partial charge in [0.2, 0.25) is 0 Å². The van der Waals surface area contributed by atoms with E-state index in [1.807, 2.05) is 36.7 Å². The topological polar surface area (TPSA) is 38.5 Å². The number of rotatable bonds is 7. The van der Waals surface area contributed by atoms with E-state index < -0.39 is 0 Å². The quantitative estimate of drug-likeness (QED) is 0.625. The average molecular weight is 335 g/mol. The molecule has 0 fully saturated rings. The van der Waals surface area contributed by atoms with Crippen LogP contribution in [0.3, 0.4) is 0 Å². The molecule has 0 aliphatic carbocycles. The summed E-state index contributed by atoms with van der Waals surface area (Å²) in [7, 11) is 0. The third-order valence-corrected chi connectivity index (χ3v) is 4.03. The smallest absolute Gasteiger partial charge is 0.195 e. The van der Waals surface area contributed by atoms with Crippen LogP contribution in [0.4, 0.5) is 0 Å². The van der Waals surface area contributed by atoms with Gasteiger partial charge in [-0.05, 0) is 31.1 Å². The van der Waals surface area contributed by atoms with E-state index in [2.05, 4.69) is 27.0 Å². The summed E-state index contributed by atoms with van der Waals surface area (Å²) in [6.07, 6.45) is 2.96. The van der Waals surface area contributed by atoms with Gasteiger partial charge in [-0.15, -0.1) is 11.3 Å². The van der Waals surface area contributed by atoms with Crippen LogP contribution < -0.4 is 10.1 Å². The first-order valence-corrected chi connectivity index (χ1v) is 8.66. The molecule has 0 radical (unpaired) electrons. The van der Waals surface area contributed by atoms with Crippen LogP contribution in [0.2, 0.25) is 0 Å². The lowest BCUT2D eigenvalue weighted by atomic mass is 10.2. The van der Waals surface area contributed by atoms with E-state index in [9.17, 15) is 0 Å². The first-order valence-electron chi connectivity index (χ1n) is 7.37. The lowest BCUT2D eigenvalue weighted by Gasteiger charge is -2.05. The van der Waals surface area contributed by atoms with Crippen LogP contribution in [0.1, 0.15) is 18.9 Å². The number of ether oxygens (including phenoxy) is 1. The Morgan fingerprint density at radius 2 is 2.18 bits per heavy atom. The van der Waals surface area contributed by atoms with E-state index in [0.29, 0.717) is 5.11 Å². The van der Waals surface area contributed by atoms with E-state index in [0.717, 1.165) is 37.5 Å². The summed E-state index contributed by atoms with van der Waals surface area (Å²) < 4.78 is 7.40. The summed E-state index contributed by atoms with van der Waals surface area (Å²) in [5, 5.41) is 5.70. The molecule has 0 amide bonds. The SMILES string of the molecule is CCOCCCNC(=S)/N=c1\sccn1Cc1ccccc1. The highest BCUT2D eigenvalue weighted by Crippen LogP contribution is 2.01. The van der Waals surface area contributed by atoms with Crippen LogP contribution in [0.5, 0.6) is 0 Å². The molecule has 1 heterocycles. The number of benzene rings is 1. The van der Waals surface area contributed by atoms with Crippen molar-refractivity contribution in [3.63, 3.8) is 0 Å². The van der Waals surface area contributed by atoms with Gasteiger partial charge in [-0.2, -0.15) is 4.99 Å². The maximum Gasteiger partial charge on any atom is 0.195 e. The molecule has 0 atom stereocenters. The first-order chi connectivity index (χ1) is 10.8. The summed E-state index contributed by atoms with van der Waals surface area (Å²) in [5.74, 6) is 0. The van der Waals surface area contributed by atoms with E-state index in [1.165, 1.54) is 5.56 Å². The number of hydrogen-bond donors (Lipinski definition) is 1. The van der Waals surface area contributed by atoms with E-state index in [-0.39, 0.29) is 0 Å². The average Bonchev–Trinajstić information content (AvgIpc) is 2.95. The first kappa shape index (κ1) is 16.9. The molecule has 0 spiro atoms. The Labute approximate surface area is 140 Å². The molecular formula is C16H21N3OS2. The molecule has 22 heavy (non-hydrogen) atoms. The Morgan fingerprint density at radius 1 is 1.36 bits per heavy atom. The molecule has 0 aliphatic rings. The van der Waals surface area contributed by atoms with Crippen molar-refractivity contribution in [1.29, 1.82) is 0 Å². The maximum absolute atomic E-state index is 5.29. The second-order valence-electron chi connectivity index (χ2n) is 4.69. The molecule has 1 N–H and O–H groups in total. The van der Waals surface area contributed by atoms with Crippen LogP contribution in [-0.2, 0) is 11.3 Å². The maximum atomic E-state index is 5.29. The highest BCUT2D eigenvalue weighted by molar-refractivity contribution is 7.80. The molecule has 0 unspecified atom stereocenters. The van der Waals surface area contributed by atoms with Crippen molar-refractivity contribution < 1.29 is 4.74 Å². The molecule has 0 bridgehead atoms. The number of aromatic nitrogens is 1. The third-order valence-electron chi connectivity index (χ3n) is 3.00. The Morgan fingerprint density at radius 3 is 2.95 bits per heavy atom. The van der Waals surface area contributed by atoms with Crippen LogP contribution in [0.25, 0.3) is 0 Å². The number of thiazole rings is 1. The normalized spacial score (nSPS) is 11.6. The highest BCUT2D eigenvalue weighted by atomic mass is 32.1. The minimum Gasteiger partial charge on any atom is -0.382 e. The molecule has 1 aromatic carbocycles. The van der Waals surface area contributed by atoms with Gasteiger partial charge in [-0.1, -0.05) is 30.3 Å². The van der Waals surface area contributed by atoms with Crippen LogP contribution >= 0.6 is 23.6 Å². The predicted molar refractivity (Wildman–Crippen MR) is 95.1 cm³/mol. The highest BCUT2D eigenvalue weighted by Gasteiger charge is 1.99. The zero-order chi connectivity index (χ0) is 15.6. The van der Waals surface area contributed by atoms with E-state index in [4.69, 9.17) is 17.0 Å². The van der Waals surface area contributed by atoms with Gasteiger partial charge < -0.3 is 14.6 Å². The van der Waals surface area contributed by atoms with Gasteiger partial charge in [0, 0.05) is 37.9 Å². The summed E-state index contributed by atoms with van der Waals surface area (Å²) in [6.45, 7) is 5.08. The second kappa shape index (κ2) is 9.50. The Kier molecular flexibility index (Phi) is 7.28. The minimum atomic E-state index is 0.528. The van der Waals surface area contributed by atoms with Gasteiger partial charge in [0.15, 0.2) is 9.91 Å². The van der Waals surface area contributed by atoms with Gasteiger partial charge >= 0.3 is 0 Å². The van der Waals surface area contributed by atoms with Crippen molar-refractivity contribution in [3.05, 3.63) is 52.3 Å². The molecular weight excluding hydrogens is 314 g/mol. The fourth-order valence-electron chi connectivity index (χ4n) is 1.93. The largest absolute Gasteiger partial charge is 0.382 e. The number of hydrogen-bond acceptors (Lipinski definition) is 3. The Bertz CT molecular complexity index is 634. The van der Waals surface area contributed by atoms with Crippen molar-refractivity contribution in [3.8, 4) is 0 Å². The molecule has 118 valence electrons. The molecule has 0 aliphatic heterocycles. The van der Waals surface area contributed by atoms with Crippen LogP contribution in [0, 0.1) is 0 Å². The lowest BCUT2D eigenvalue weighted by Crippen LogP contribution is -2.25. The summed E-state index contributed by atoms with van der Waals surface area (Å²) in [4.78, 5) is 5.40. The Balaban J connectivity index is 1.92. The van der Waals surface area contributed by atoms with Crippen molar-refractivity contribution in [1.82, 2.24) is 9.88 Å². The molecule has 0 saturated heterocycles. The molecule has 4 nitrogen and oxygen atoms in total. The number of thiocarbonyl (C=S) groups is 1. The zero-order valence-electron chi connectivity index (χ0n) is 12.7. The van der Waals surface area contributed by atoms with Crippen molar-refractivity contribution >= 4 is 28.7 Å². The molecule has 2 rings (SSSR count). The van der Waals surface area contributed by atoms with Crippen molar-refractivity contribution in [2.24, 2.45) is 4.99 Å². The van der Waals surface area contributed by atoms with Crippen molar-refractivity contribution in [2.45, 2.75) is 19.9 Å². The number of nitrogens with zero attached hydrogens (tertiary/aromatic N) is 2. The van der Waals surface area contributed by atoms with Crippen molar-refractivity contribution in [2.75, 3.05) is 19.8 Å². The monoisotopic (exact) mass is 335 g/mol. The van der Waals surface area contributed by atoms with Crippen LogP contribution in [-0.4, -0.2) is 29.4 Å². The van der Waals surface area contributed by atoms with Crippen LogP contribution in [0.15, 0.2) is 46.9 Å². The van der Waals surface area contributed by atoms with E-state index >= 15 is 0 Å². The third kappa shape index (κ3) is 5.71. The fraction of sp³-hybridized carbons (Fsp3) is 0.375.